The lowest BCUT2D eigenvalue weighted by Crippen LogP contribution is -2.33. The van der Waals surface area contributed by atoms with Crippen LogP contribution in [0.25, 0.3) is 11.1 Å². The molecule has 1 saturated heterocycles. The van der Waals surface area contributed by atoms with Crippen molar-refractivity contribution in [1.29, 1.82) is 0 Å². The van der Waals surface area contributed by atoms with E-state index in [2.05, 4.69) is 88.9 Å². The molecule has 160 valence electrons. The van der Waals surface area contributed by atoms with Crippen molar-refractivity contribution in [3.8, 4) is 11.1 Å². The van der Waals surface area contributed by atoms with Crippen LogP contribution in [0.1, 0.15) is 29.7 Å². The number of benzene rings is 3. The van der Waals surface area contributed by atoms with Gasteiger partial charge in [0.05, 0.1) is 13.2 Å². The van der Waals surface area contributed by atoms with E-state index in [-0.39, 0.29) is 0 Å². The molecule has 1 atom stereocenters. The second-order valence-corrected chi connectivity index (χ2v) is 9.62. The molecule has 1 fully saturated rings. The molecular weight excluding hydrogens is 400 g/mol. The Morgan fingerprint density at radius 2 is 1.52 bits per heavy atom. The summed E-state index contributed by atoms with van der Waals surface area (Å²) in [6.07, 6.45) is 1.15. The van der Waals surface area contributed by atoms with Gasteiger partial charge in [-0.2, -0.15) is 0 Å². The number of ether oxygens (including phenoxy) is 1. The fourth-order valence-corrected chi connectivity index (χ4v) is 5.46. The van der Waals surface area contributed by atoms with Crippen molar-refractivity contribution in [2.45, 2.75) is 30.8 Å². The largest absolute Gasteiger partial charge is 0.379 e. The molecule has 0 bridgehead atoms. The van der Waals surface area contributed by atoms with Crippen LogP contribution in [0.2, 0.25) is 0 Å². The topological polar surface area (TPSA) is 15.7 Å². The van der Waals surface area contributed by atoms with Crippen LogP contribution in [0.4, 0.5) is 0 Å². The van der Waals surface area contributed by atoms with Crippen molar-refractivity contribution >= 4 is 11.9 Å². The lowest BCUT2D eigenvalue weighted by molar-refractivity contribution is 0.0773. The molecule has 31 heavy (non-hydrogen) atoms. The van der Waals surface area contributed by atoms with Gasteiger partial charge in [-0.25, -0.2) is 4.31 Å². The van der Waals surface area contributed by atoms with E-state index in [4.69, 9.17) is 4.74 Å². The van der Waals surface area contributed by atoms with Crippen LogP contribution in [-0.2, 0) is 17.7 Å². The normalized spacial score (nSPS) is 19.8. The standard InChI is InChI=1S/C27H30N2OS/c1-21-27-5-3-2-4-25(27)14-15-28(21)20-22-6-8-23(9-7-22)24-10-12-26(13-11-24)31-29-16-18-30-19-17-29/h2-13,21H,14-20H2,1H3. The maximum absolute atomic E-state index is 5.44. The Bertz CT molecular complexity index is 997. The molecule has 2 aliphatic heterocycles. The third-order valence-electron chi connectivity index (χ3n) is 6.45. The molecule has 0 N–H and O–H groups in total. The molecule has 2 aliphatic rings. The van der Waals surface area contributed by atoms with Gasteiger partial charge < -0.3 is 4.74 Å². The lowest BCUT2D eigenvalue weighted by Gasteiger charge is -2.35. The van der Waals surface area contributed by atoms with E-state index in [0.29, 0.717) is 6.04 Å². The smallest absolute Gasteiger partial charge is 0.0603 e. The highest BCUT2D eigenvalue weighted by Gasteiger charge is 2.23. The molecular formula is C27H30N2OS. The third-order valence-corrected chi connectivity index (χ3v) is 7.56. The molecule has 2 heterocycles. The minimum absolute atomic E-state index is 0.473. The van der Waals surface area contributed by atoms with Gasteiger partial charge in [-0.3, -0.25) is 4.90 Å². The second kappa shape index (κ2) is 9.58. The average molecular weight is 431 g/mol. The first-order chi connectivity index (χ1) is 15.3. The summed E-state index contributed by atoms with van der Waals surface area (Å²) < 4.78 is 7.82. The Balaban J connectivity index is 1.22. The number of fused-ring (bicyclic) bond motifs is 1. The van der Waals surface area contributed by atoms with E-state index in [9.17, 15) is 0 Å². The Kier molecular flexibility index (Phi) is 6.42. The maximum atomic E-state index is 5.44. The monoisotopic (exact) mass is 430 g/mol. The second-order valence-electron chi connectivity index (χ2n) is 8.45. The molecule has 0 saturated carbocycles. The number of morpholine rings is 1. The zero-order valence-electron chi connectivity index (χ0n) is 18.2. The summed E-state index contributed by atoms with van der Waals surface area (Å²) in [5, 5.41) is 0. The zero-order chi connectivity index (χ0) is 21.0. The molecule has 0 amide bonds. The summed E-state index contributed by atoms with van der Waals surface area (Å²) in [6.45, 7) is 8.13. The quantitative estimate of drug-likeness (QED) is 0.474. The maximum Gasteiger partial charge on any atom is 0.0603 e. The molecule has 4 heteroatoms. The van der Waals surface area contributed by atoms with E-state index in [1.54, 1.807) is 0 Å². The Morgan fingerprint density at radius 3 is 2.26 bits per heavy atom. The van der Waals surface area contributed by atoms with Gasteiger partial charge in [0.15, 0.2) is 0 Å². The van der Waals surface area contributed by atoms with Crippen molar-refractivity contribution in [3.63, 3.8) is 0 Å². The third kappa shape index (κ3) is 4.88. The molecule has 3 aromatic rings. The van der Waals surface area contributed by atoms with Crippen LogP contribution < -0.4 is 0 Å². The molecule has 3 aromatic carbocycles. The minimum atomic E-state index is 0.473. The van der Waals surface area contributed by atoms with Crippen molar-refractivity contribution in [2.75, 3.05) is 32.8 Å². The van der Waals surface area contributed by atoms with Crippen molar-refractivity contribution in [1.82, 2.24) is 9.21 Å². The van der Waals surface area contributed by atoms with Crippen LogP contribution in [-0.4, -0.2) is 42.1 Å². The summed E-state index contributed by atoms with van der Waals surface area (Å²) in [7, 11) is 0. The first kappa shape index (κ1) is 20.8. The number of nitrogens with zero attached hydrogens (tertiary/aromatic N) is 2. The highest BCUT2D eigenvalue weighted by atomic mass is 32.2. The molecule has 1 unspecified atom stereocenters. The van der Waals surface area contributed by atoms with Crippen molar-refractivity contribution in [3.05, 3.63) is 89.5 Å². The van der Waals surface area contributed by atoms with E-state index < -0.39 is 0 Å². The fraction of sp³-hybridized carbons (Fsp3) is 0.333. The first-order valence-electron chi connectivity index (χ1n) is 11.3. The van der Waals surface area contributed by atoms with Gasteiger partial charge in [0.2, 0.25) is 0 Å². The highest BCUT2D eigenvalue weighted by Crippen LogP contribution is 2.31. The van der Waals surface area contributed by atoms with E-state index in [0.717, 1.165) is 45.8 Å². The number of hydrogen-bond acceptors (Lipinski definition) is 4. The SMILES string of the molecule is CC1c2ccccc2CCN1Cc1ccc(-c2ccc(SN3CCOCC3)cc2)cc1. The first-order valence-corrected chi connectivity index (χ1v) is 12.1. The Labute approximate surface area is 190 Å². The van der Waals surface area contributed by atoms with Gasteiger partial charge in [0.1, 0.15) is 0 Å². The van der Waals surface area contributed by atoms with Crippen LogP contribution in [0.3, 0.4) is 0 Å². The molecule has 0 spiro atoms. The molecule has 0 aromatic heterocycles. The minimum Gasteiger partial charge on any atom is -0.379 e. The summed E-state index contributed by atoms with van der Waals surface area (Å²) >= 11 is 1.83. The van der Waals surface area contributed by atoms with Crippen LogP contribution >= 0.6 is 11.9 Å². The predicted molar refractivity (Wildman–Crippen MR) is 129 cm³/mol. The van der Waals surface area contributed by atoms with Crippen LogP contribution in [0.5, 0.6) is 0 Å². The van der Waals surface area contributed by atoms with Crippen LogP contribution in [0.15, 0.2) is 77.7 Å². The van der Waals surface area contributed by atoms with E-state index in [1.165, 1.54) is 32.7 Å². The summed E-state index contributed by atoms with van der Waals surface area (Å²) in [4.78, 5) is 3.89. The van der Waals surface area contributed by atoms with Gasteiger partial charge in [-0.05, 0) is 65.2 Å². The summed E-state index contributed by atoms with van der Waals surface area (Å²) in [5.74, 6) is 0. The molecule has 3 nitrogen and oxygen atoms in total. The van der Waals surface area contributed by atoms with Crippen molar-refractivity contribution in [2.24, 2.45) is 0 Å². The Morgan fingerprint density at radius 1 is 0.839 bits per heavy atom. The zero-order valence-corrected chi connectivity index (χ0v) is 19.0. The predicted octanol–water partition coefficient (Wildman–Crippen LogP) is 5.81. The fourth-order valence-electron chi connectivity index (χ4n) is 4.57. The number of hydrogen-bond donors (Lipinski definition) is 0. The van der Waals surface area contributed by atoms with Gasteiger partial charge in [-0.1, -0.05) is 60.7 Å². The van der Waals surface area contributed by atoms with Gasteiger partial charge >= 0.3 is 0 Å². The molecule has 0 radical (unpaired) electrons. The van der Waals surface area contributed by atoms with Gasteiger partial charge in [-0.15, -0.1) is 0 Å². The average Bonchev–Trinajstić information content (AvgIpc) is 2.83. The molecule has 0 aliphatic carbocycles. The van der Waals surface area contributed by atoms with E-state index >= 15 is 0 Å². The molecule has 5 rings (SSSR count). The summed E-state index contributed by atoms with van der Waals surface area (Å²) in [5.41, 5.74) is 6.94. The highest BCUT2D eigenvalue weighted by molar-refractivity contribution is 7.97. The Hall–Kier alpha value is -2.11. The van der Waals surface area contributed by atoms with Gasteiger partial charge in [0, 0.05) is 37.1 Å². The summed E-state index contributed by atoms with van der Waals surface area (Å²) in [6, 6.07) is 27.4. The van der Waals surface area contributed by atoms with Gasteiger partial charge in [0.25, 0.3) is 0 Å². The van der Waals surface area contributed by atoms with Crippen LogP contribution in [0, 0.1) is 0 Å². The van der Waals surface area contributed by atoms with Crippen molar-refractivity contribution < 1.29 is 4.74 Å². The van der Waals surface area contributed by atoms with E-state index in [1.807, 2.05) is 11.9 Å². The lowest BCUT2D eigenvalue weighted by atomic mass is 9.93. The number of rotatable bonds is 5.